The second-order valence-electron chi connectivity index (χ2n) is 4.08. The van der Waals surface area contributed by atoms with Gasteiger partial charge in [-0.1, -0.05) is 12.1 Å². The molecule has 6 heteroatoms. The number of hydrogen-bond donors (Lipinski definition) is 0. The van der Waals surface area contributed by atoms with Crippen molar-refractivity contribution in [3.8, 4) is 11.4 Å². The Balaban J connectivity index is 2.25. The summed E-state index contributed by atoms with van der Waals surface area (Å²) >= 11 is 2.24. The lowest BCUT2D eigenvalue weighted by atomic mass is 10.2. The van der Waals surface area contributed by atoms with E-state index in [4.69, 9.17) is 0 Å². The minimum Gasteiger partial charge on any atom is -0.330 e. The van der Waals surface area contributed by atoms with Crippen molar-refractivity contribution in [3.05, 3.63) is 40.2 Å². The van der Waals surface area contributed by atoms with Gasteiger partial charge >= 0.3 is 0 Å². The van der Waals surface area contributed by atoms with E-state index in [-0.39, 0.29) is 5.75 Å². The highest BCUT2D eigenvalue weighted by atomic mass is 127. The zero-order valence-corrected chi connectivity index (χ0v) is 12.8. The molecule has 0 atom stereocenters. The van der Waals surface area contributed by atoms with Crippen LogP contribution in [0.2, 0.25) is 0 Å². The highest BCUT2D eigenvalue weighted by Crippen LogP contribution is 2.18. The maximum absolute atomic E-state index is 11.2. The first-order valence-corrected chi connectivity index (χ1v) is 8.54. The molecule has 4 nitrogen and oxygen atoms in total. The van der Waals surface area contributed by atoms with Gasteiger partial charge in [0.2, 0.25) is 0 Å². The van der Waals surface area contributed by atoms with Gasteiger partial charge in [-0.15, -0.1) is 0 Å². The van der Waals surface area contributed by atoms with Gasteiger partial charge in [0.1, 0.15) is 15.7 Å². The quantitative estimate of drug-likeness (QED) is 0.769. The zero-order valence-electron chi connectivity index (χ0n) is 9.88. The summed E-state index contributed by atoms with van der Waals surface area (Å²) in [5.74, 6) is 0.927. The number of halogens is 1. The van der Waals surface area contributed by atoms with Crippen LogP contribution in [-0.2, 0) is 16.4 Å². The summed E-state index contributed by atoms with van der Waals surface area (Å²) in [5.41, 5.74) is 0.994. The monoisotopic (exact) mass is 376 g/mol. The van der Waals surface area contributed by atoms with Crippen LogP contribution in [0.25, 0.3) is 11.4 Å². The van der Waals surface area contributed by atoms with Crippen LogP contribution in [-0.4, -0.2) is 30.0 Å². The number of hydrogen-bond acceptors (Lipinski definition) is 3. The average molecular weight is 376 g/mol. The lowest BCUT2D eigenvalue weighted by Gasteiger charge is -2.07. The summed E-state index contributed by atoms with van der Waals surface area (Å²) in [5, 5.41) is 0. The third-order valence-electron chi connectivity index (χ3n) is 2.52. The molecule has 2 aromatic rings. The molecule has 0 bridgehead atoms. The largest absolute Gasteiger partial charge is 0.330 e. The predicted octanol–water partition coefficient (Wildman–Crippen LogP) is 2.20. The number of aromatic nitrogens is 2. The third kappa shape index (κ3) is 3.55. The number of aryl methyl sites for hydroxylation is 1. The number of nitrogens with zero attached hydrogens (tertiary/aromatic N) is 2. The van der Waals surface area contributed by atoms with Gasteiger partial charge in [0.15, 0.2) is 0 Å². The summed E-state index contributed by atoms with van der Waals surface area (Å²) in [4.78, 5) is 4.28. The van der Waals surface area contributed by atoms with Gasteiger partial charge in [-0.05, 0) is 34.7 Å². The molecule has 0 fully saturated rings. The molecular formula is C12H13IN2O2S. The SMILES string of the molecule is CS(=O)(=O)CCn1ccnc1-c1ccc(I)cc1. The Kier molecular flexibility index (Phi) is 4.06. The van der Waals surface area contributed by atoms with Crippen LogP contribution in [0.1, 0.15) is 0 Å². The normalized spacial score (nSPS) is 11.7. The molecule has 0 radical (unpaired) electrons. The van der Waals surface area contributed by atoms with E-state index in [1.54, 1.807) is 12.4 Å². The van der Waals surface area contributed by atoms with Crippen LogP contribution in [0.15, 0.2) is 36.7 Å². The van der Waals surface area contributed by atoms with Gasteiger partial charge < -0.3 is 4.57 Å². The van der Waals surface area contributed by atoms with E-state index < -0.39 is 9.84 Å². The van der Waals surface area contributed by atoms with Gasteiger partial charge in [0.25, 0.3) is 0 Å². The Hall–Kier alpha value is -0.890. The highest BCUT2D eigenvalue weighted by Gasteiger charge is 2.08. The van der Waals surface area contributed by atoms with Gasteiger partial charge in [-0.3, -0.25) is 0 Å². The summed E-state index contributed by atoms with van der Waals surface area (Å²) in [6.07, 6.45) is 4.74. The lowest BCUT2D eigenvalue weighted by Crippen LogP contribution is -2.11. The molecule has 0 aliphatic rings. The van der Waals surface area contributed by atoms with Crippen LogP contribution in [0.4, 0.5) is 0 Å². The Morgan fingerprint density at radius 1 is 1.28 bits per heavy atom. The van der Waals surface area contributed by atoms with Crippen molar-refractivity contribution in [2.24, 2.45) is 0 Å². The third-order valence-corrected chi connectivity index (χ3v) is 4.16. The zero-order chi connectivity index (χ0) is 13.2. The molecular weight excluding hydrogens is 363 g/mol. The Morgan fingerprint density at radius 2 is 1.94 bits per heavy atom. The minimum atomic E-state index is -2.96. The lowest BCUT2D eigenvalue weighted by molar-refractivity contribution is 0.595. The van der Waals surface area contributed by atoms with E-state index in [1.807, 2.05) is 28.8 Å². The van der Waals surface area contributed by atoms with Crippen LogP contribution in [0.5, 0.6) is 0 Å². The van der Waals surface area contributed by atoms with Crippen LogP contribution in [0, 0.1) is 3.57 Å². The molecule has 0 saturated carbocycles. The Labute approximate surface area is 120 Å². The highest BCUT2D eigenvalue weighted by molar-refractivity contribution is 14.1. The van der Waals surface area contributed by atoms with Crippen LogP contribution < -0.4 is 0 Å². The van der Waals surface area contributed by atoms with E-state index in [0.29, 0.717) is 6.54 Å². The minimum absolute atomic E-state index is 0.126. The van der Waals surface area contributed by atoms with E-state index in [2.05, 4.69) is 27.6 Å². The molecule has 18 heavy (non-hydrogen) atoms. The first-order chi connectivity index (χ1) is 8.46. The molecule has 2 rings (SSSR count). The van der Waals surface area contributed by atoms with Gasteiger partial charge in [-0.25, -0.2) is 13.4 Å². The maximum atomic E-state index is 11.2. The molecule has 0 N–H and O–H groups in total. The van der Waals surface area contributed by atoms with Gasteiger partial charge in [-0.2, -0.15) is 0 Å². The molecule has 0 unspecified atom stereocenters. The van der Waals surface area contributed by atoms with E-state index in [1.165, 1.54) is 6.26 Å². The van der Waals surface area contributed by atoms with Crippen molar-refractivity contribution in [2.75, 3.05) is 12.0 Å². The van der Waals surface area contributed by atoms with Gasteiger partial charge in [0, 0.05) is 34.3 Å². The number of imidazole rings is 1. The number of rotatable bonds is 4. The first-order valence-electron chi connectivity index (χ1n) is 5.40. The van der Waals surface area contributed by atoms with Gasteiger partial charge in [0.05, 0.1) is 5.75 Å². The standard InChI is InChI=1S/C12H13IN2O2S/c1-18(16,17)9-8-15-7-6-14-12(15)10-2-4-11(13)5-3-10/h2-7H,8-9H2,1H3. The molecule has 1 heterocycles. The van der Waals surface area contributed by atoms with E-state index >= 15 is 0 Å². The molecule has 0 amide bonds. The van der Waals surface area contributed by atoms with Crippen LogP contribution >= 0.6 is 22.6 Å². The molecule has 0 spiro atoms. The second kappa shape index (κ2) is 5.40. The fourth-order valence-corrected chi connectivity index (χ4v) is 2.50. The van der Waals surface area contributed by atoms with E-state index in [9.17, 15) is 8.42 Å². The molecule has 0 aliphatic heterocycles. The van der Waals surface area contributed by atoms with E-state index in [0.717, 1.165) is 15.0 Å². The van der Waals surface area contributed by atoms with Crippen molar-refractivity contribution in [2.45, 2.75) is 6.54 Å². The fourth-order valence-electron chi connectivity index (χ4n) is 1.61. The predicted molar refractivity (Wildman–Crippen MR) is 80.1 cm³/mol. The summed E-state index contributed by atoms with van der Waals surface area (Å²) in [6, 6.07) is 7.99. The number of sulfone groups is 1. The summed E-state index contributed by atoms with van der Waals surface area (Å²) in [6.45, 7) is 0.431. The molecule has 0 aliphatic carbocycles. The van der Waals surface area contributed by atoms with Crippen molar-refractivity contribution < 1.29 is 8.42 Å². The van der Waals surface area contributed by atoms with Crippen molar-refractivity contribution in [1.29, 1.82) is 0 Å². The number of benzene rings is 1. The molecule has 1 aromatic carbocycles. The fraction of sp³-hybridized carbons (Fsp3) is 0.250. The maximum Gasteiger partial charge on any atom is 0.149 e. The average Bonchev–Trinajstić information content (AvgIpc) is 2.75. The Bertz CT molecular complexity index is 632. The summed E-state index contributed by atoms with van der Waals surface area (Å²) in [7, 11) is -2.96. The first kappa shape index (κ1) is 13.5. The Morgan fingerprint density at radius 3 is 2.56 bits per heavy atom. The molecule has 96 valence electrons. The second-order valence-corrected chi connectivity index (χ2v) is 7.59. The van der Waals surface area contributed by atoms with Crippen LogP contribution in [0.3, 0.4) is 0 Å². The topological polar surface area (TPSA) is 52.0 Å². The summed E-state index contributed by atoms with van der Waals surface area (Å²) < 4.78 is 25.4. The van der Waals surface area contributed by atoms with Crippen molar-refractivity contribution in [3.63, 3.8) is 0 Å². The molecule has 1 aromatic heterocycles. The molecule has 0 saturated heterocycles. The smallest absolute Gasteiger partial charge is 0.149 e. The van der Waals surface area contributed by atoms with Crippen molar-refractivity contribution in [1.82, 2.24) is 9.55 Å². The van der Waals surface area contributed by atoms with Crippen molar-refractivity contribution >= 4 is 32.4 Å².